The molecular formula is C27H24ClN5O2. The second kappa shape index (κ2) is 8.83. The van der Waals surface area contributed by atoms with Gasteiger partial charge in [0.05, 0.1) is 16.8 Å². The van der Waals surface area contributed by atoms with Gasteiger partial charge in [0.15, 0.2) is 0 Å². The van der Waals surface area contributed by atoms with Crippen LogP contribution in [0.1, 0.15) is 33.4 Å². The van der Waals surface area contributed by atoms with E-state index in [9.17, 15) is 4.79 Å². The molecule has 1 N–H and O–H groups in total. The maximum atomic E-state index is 12.9. The summed E-state index contributed by atoms with van der Waals surface area (Å²) in [7, 11) is 0. The summed E-state index contributed by atoms with van der Waals surface area (Å²) < 4.78 is 5.54. The first-order valence-corrected chi connectivity index (χ1v) is 12.0. The third-order valence-electron chi connectivity index (χ3n) is 6.74. The molecule has 1 saturated heterocycles. The molecule has 4 aromatic rings. The Balaban J connectivity index is 1.26. The van der Waals surface area contributed by atoms with Crippen molar-refractivity contribution < 1.29 is 9.21 Å². The number of benzene rings is 3. The van der Waals surface area contributed by atoms with E-state index >= 15 is 0 Å². The number of anilines is 2. The molecule has 0 bridgehead atoms. The quantitative estimate of drug-likeness (QED) is 0.431. The number of amides is 1. The van der Waals surface area contributed by atoms with Crippen LogP contribution in [0.4, 0.5) is 11.4 Å². The molecule has 0 aliphatic carbocycles. The molecule has 0 radical (unpaired) electrons. The zero-order chi connectivity index (χ0) is 23.9. The van der Waals surface area contributed by atoms with E-state index in [0.29, 0.717) is 16.8 Å². The van der Waals surface area contributed by atoms with Crippen LogP contribution in [0.2, 0.25) is 5.02 Å². The molecule has 7 nitrogen and oxygen atoms in total. The van der Waals surface area contributed by atoms with Gasteiger partial charge in [0, 0.05) is 49.9 Å². The van der Waals surface area contributed by atoms with E-state index in [1.54, 1.807) is 6.92 Å². The molecule has 176 valence electrons. The number of rotatable bonds is 3. The van der Waals surface area contributed by atoms with Crippen molar-refractivity contribution in [3.8, 4) is 11.5 Å². The minimum absolute atomic E-state index is 0.00196. The molecule has 3 aromatic carbocycles. The molecule has 1 fully saturated rings. The van der Waals surface area contributed by atoms with Gasteiger partial charge >= 0.3 is 0 Å². The maximum Gasteiger partial charge on any atom is 0.256 e. The molecule has 0 saturated carbocycles. The first-order chi connectivity index (χ1) is 17.1. The van der Waals surface area contributed by atoms with Crippen molar-refractivity contribution in [3.05, 3.63) is 94.3 Å². The first kappa shape index (κ1) is 21.8. The van der Waals surface area contributed by atoms with Gasteiger partial charge in [0.1, 0.15) is 0 Å². The summed E-state index contributed by atoms with van der Waals surface area (Å²) in [5.74, 6) is 0.932. The molecule has 2 aliphatic heterocycles. The van der Waals surface area contributed by atoms with Gasteiger partial charge in [-0.05, 0) is 41.5 Å². The lowest BCUT2D eigenvalue weighted by molar-refractivity contribution is 0.102. The molecular weight excluding hydrogens is 462 g/mol. The van der Waals surface area contributed by atoms with Gasteiger partial charge in [0.25, 0.3) is 5.91 Å². The van der Waals surface area contributed by atoms with Crippen LogP contribution in [-0.2, 0) is 0 Å². The number of aromatic nitrogens is 2. The number of fused-ring (bicyclic) bond motifs is 2. The Kier molecular flexibility index (Phi) is 5.51. The third kappa shape index (κ3) is 3.96. The molecule has 2 aliphatic rings. The fraction of sp³-hybridized carbons (Fsp3) is 0.222. The Labute approximate surface area is 208 Å². The SMILES string of the molecule is Cc1nnc(-c2ccc(N3CCN(C4c5ccccc5NC(=O)c5ccccc54)CC3)c(Cl)c2)o1. The second-order valence-corrected chi connectivity index (χ2v) is 9.25. The van der Waals surface area contributed by atoms with Crippen molar-refractivity contribution in [2.75, 3.05) is 36.4 Å². The van der Waals surface area contributed by atoms with Gasteiger partial charge < -0.3 is 14.6 Å². The normalized spacial score (nSPS) is 17.9. The summed E-state index contributed by atoms with van der Waals surface area (Å²) in [6, 6.07) is 21.9. The van der Waals surface area contributed by atoms with Crippen LogP contribution < -0.4 is 10.2 Å². The third-order valence-corrected chi connectivity index (χ3v) is 7.05. The highest BCUT2D eigenvalue weighted by molar-refractivity contribution is 6.33. The number of nitrogens with zero attached hydrogens (tertiary/aromatic N) is 4. The van der Waals surface area contributed by atoms with Crippen molar-refractivity contribution in [1.29, 1.82) is 0 Å². The summed E-state index contributed by atoms with van der Waals surface area (Å²) in [5.41, 5.74) is 5.56. The van der Waals surface area contributed by atoms with E-state index in [-0.39, 0.29) is 11.9 Å². The number of nitrogens with one attached hydrogen (secondary N) is 1. The molecule has 0 spiro atoms. The van der Waals surface area contributed by atoms with Crippen molar-refractivity contribution in [3.63, 3.8) is 0 Å². The number of piperazine rings is 1. The lowest BCUT2D eigenvalue weighted by Crippen LogP contribution is -2.48. The van der Waals surface area contributed by atoms with E-state index in [1.807, 2.05) is 54.6 Å². The lowest BCUT2D eigenvalue weighted by atomic mass is 9.93. The van der Waals surface area contributed by atoms with E-state index in [0.717, 1.165) is 59.8 Å². The first-order valence-electron chi connectivity index (χ1n) is 11.7. The largest absolute Gasteiger partial charge is 0.421 e. The standard InChI is InChI=1S/C27H24ClN5O2/c1-17-30-31-27(35-17)18-10-11-24(22(28)16-18)32-12-14-33(15-13-32)25-19-6-2-3-7-20(19)26(34)29-23-9-5-4-8-21(23)25/h2-11,16,25H,12-15H2,1H3,(H,29,34). The summed E-state index contributed by atoms with van der Waals surface area (Å²) in [5, 5.41) is 11.7. The zero-order valence-electron chi connectivity index (χ0n) is 19.2. The van der Waals surface area contributed by atoms with E-state index in [4.69, 9.17) is 16.0 Å². The van der Waals surface area contributed by atoms with E-state index < -0.39 is 0 Å². The van der Waals surface area contributed by atoms with E-state index in [1.165, 1.54) is 0 Å². The average molecular weight is 486 g/mol. The van der Waals surface area contributed by atoms with Gasteiger partial charge in [-0.1, -0.05) is 48.0 Å². The van der Waals surface area contributed by atoms with Crippen LogP contribution in [-0.4, -0.2) is 47.2 Å². The highest BCUT2D eigenvalue weighted by Gasteiger charge is 2.33. The molecule has 3 heterocycles. The van der Waals surface area contributed by atoms with Crippen molar-refractivity contribution in [2.24, 2.45) is 0 Å². The van der Waals surface area contributed by atoms with Crippen molar-refractivity contribution in [2.45, 2.75) is 13.0 Å². The van der Waals surface area contributed by atoms with Crippen LogP contribution in [0.15, 0.2) is 71.1 Å². The van der Waals surface area contributed by atoms with Gasteiger partial charge in [-0.3, -0.25) is 9.69 Å². The molecule has 35 heavy (non-hydrogen) atoms. The zero-order valence-corrected chi connectivity index (χ0v) is 20.0. The van der Waals surface area contributed by atoms with Crippen LogP contribution in [0.3, 0.4) is 0 Å². The molecule has 1 aromatic heterocycles. The fourth-order valence-corrected chi connectivity index (χ4v) is 5.37. The molecule has 1 unspecified atom stereocenters. The topological polar surface area (TPSA) is 74.5 Å². The number of hydrogen-bond donors (Lipinski definition) is 1. The fourth-order valence-electron chi connectivity index (χ4n) is 5.07. The monoisotopic (exact) mass is 485 g/mol. The summed E-state index contributed by atoms with van der Waals surface area (Å²) in [4.78, 5) is 17.7. The summed E-state index contributed by atoms with van der Waals surface area (Å²) in [6.07, 6.45) is 0. The average Bonchev–Trinajstić information content (AvgIpc) is 3.27. The maximum absolute atomic E-state index is 12.9. The predicted octanol–water partition coefficient (Wildman–Crippen LogP) is 5.18. The molecule has 6 rings (SSSR count). The van der Waals surface area contributed by atoms with E-state index in [2.05, 4.69) is 37.4 Å². The number of carbonyl (C=O) groups excluding carboxylic acids is 1. The van der Waals surface area contributed by atoms with Gasteiger partial charge in [0.2, 0.25) is 11.8 Å². The van der Waals surface area contributed by atoms with Gasteiger partial charge in [-0.25, -0.2) is 0 Å². The Morgan fingerprint density at radius 3 is 2.43 bits per heavy atom. The van der Waals surface area contributed by atoms with Crippen LogP contribution in [0.5, 0.6) is 0 Å². The minimum atomic E-state index is -0.0579. The number of halogens is 1. The predicted molar refractivity (Wildman–Crippen MR) is 136 cm³/mol. The molecule has 1 atom stereocenters. The Morgan fingerprint density at radius 2 is 1.69 bits per heavy atom. The Hall–Kier alpha value is -3.68. The van der Waals surface area contributed by atoms with Crippen molar-refractivity contribution >= 4 is 28.9 Å². The molecule has 8 heteroatoms. The minimum Gasteiger partial charge on any atom is -0.421 e. The van der Waals surface area contributed by atoms with Gasteiger partial charge in [-0.2, -0.15) is 0 Å². The Bertz CT molecular complexity index is 1410. The molecule has 1 amide bonds. The number of para-hydroxylation sites is 1. The Morgan fingerprint density at radius 1 is 0.943 bits per heavy atom. The van der Waals surface area contributed by atoms with Gasteiger partial charge in [-0.15, -0.1) is 10.2 Å². The number of carbonyl (C=O) groups is 1. The van der Waals surface area contributed by atoms with Crippen LogP contribution >= 0.6 is 11.6 Å². The lowest BCUT2D eigenvalue weighted by Gasteiger charge is -2.41. The summed E-state index contributed by atoms with van der Waals surface area (Å²) in [6.45, 7) is 5.08. The highest BCUT2D eigenvalue weighted by Crippen LogP contribution is 2.39. The summed E-state index contributed by atoms with van der Waals surface area (Å²) >= 11 is 6.69. The van der Waals surface area contributed by atoms with Crippen molar-refractivity contribution in [1.82, 2.24) is 15.1 Å². The smallest absolute Gasteiger partial charge is 0.256 e. The second-order valence-electron chi connectivity index (χ2n) is 8.85. The number of hydrogen-bond acceptors (Lipinski definition) is 6. The highest BCUT2D eigenvalue weighted by atomic mass is 35.5. The van der Waals surface area contributed by atoms with Crippen LogP contribution in [0.25, 0.3) is 11.5 Å². The van der Waals surface area contributed by atoms with Crippen LogP contribution in [0, 0.1) is 6.92 Å². The number of aryl methyl sites for hydroxylation is 1.